The first-order valence-electron chi connectivity index (χ1n) is 8.52. The highest BCUT2D eigenvalue weighted by Gasteiger charge is 2.21. The molecule has 2 heterocycles. The molecule has 1 aliphatic rings. The Morgan fingerprint density at radius 2 is 2.32 bits per heavy atom. The highest BCUT2D eigenvalue weighted by molar-refractivity contribution is 9.10. The Labute approximate surface area is 161 Å². The van der Waals surface area contributed by atoms with Gasteiger partial charge in [0, 0.05) is 34.7 Å². The van der Waals surface area contributed by atoms with Crippen molar-refractivity contribution in [1.82, 2.24) is 4.90 Å². The second-order valence-corrected chi connectivity index (χ2v) is 8.34. The van der Waals surface area contributed by atoms with Gasteiger partial charge in [-0.15, -0.1) is 11.3 Å². The summed E-state index contributed by atoms with van der Waals surface area (Å²) < 4.78 is 6.77. The van der Waals surface area contributed by atoms with Crippen molar-refractivity contribution in [2.75, 3.05) is 25.0 Å². The number of nitrogens with one attached hydrogen (secondary N) is 1. The molecule has 1 amide bonds. The maximum absolute atomic E-state index is 12.6. The third-order valence-electron chi connectivity index (χ3n) is 4.28. The van der Waals surface area contributed by atoms with Crippen molar-refractivity contribution in [1.29, 1.82) is 0 Å². The minimum absolute atomic E-state index is 0.0139. The zero-order chi connectivity index (χ0) is 17.6. The van der Waals surface area contributed by atoms with Crippen LogP contribution in [0.15, 0.2) is 40.2 Å². The molecule has 0 bridgehead atoms. The van der Waals surface area contributed by atoms with Gasteiger partial charge in [0.05, 0.1) is 12.6 Å². The molecule has 1 atom stereocenters. The van der Waals surface area contributed by atoms with Gasteiger partial charge in [0.15, 0.2) is 0 Å². The van der Waals surface area contributed by atoms with E-state index in [2.05, 4.69) is 43.7 Å². The second kappa shape index (κ2) is 8.94. The topological polar surface area (TPSA) is 41.6 Å². The standard InChI is InChI=1S/C19H23BrN2O2S/c1-14-10-15(20)6-7-18(14)21-19(23)13-22(11-16-4-2-8-24-16)12-17-5-3-9-25-17/h3,5-7,9-10,16H,2,4,8,11-13H2,1H3,(H,21,23)/t16-/m0/s1. The lowest BCUT2D eigenvalue weighted by molar-refractivity contribution is -0.117. The van der Waals surface area contributed by atoms with E-state index in [1.807, 2.05) is 25.1 Å². The molecule has 0 unspecified atom stereocenters. The van der Waals surface area contributed by atoms with Gasteiger partial charge in [0.25, 0.3) is 0 Å². The molecule has 6 heteroatoms. The second-order valence-electron chi connectivity index (χ2n) is 6.39. The van der Waals surface area contributed by atoms with E-state index in [1.54, 1.807) is 11.3 Å². The lowest BCUT2D eigenvalue weighted by Gasteiger charge is -2.24. The molecule has 0 spiro atoms. The molecule has 1 aromatic heterocycles. The molecule has 0 saturated carbocycles. The molecule has 134 valence electrons. The number of ether oxygens (including phenoxy) is 1. The fraction of sp³-hybridized carbons (Fsp3) is 0.421. The van der Waals surface area contributed by atoms with Gasteiger partial charge < -0.3 is 10.1 Å². The number of halogens is 1. The van der Waals surface area contributed by atoms with Crippen LogP contribution in [0, 0.1) is 6.92 Å². The highest BCUT2D eigenvalue weighted by Crippen LogP contribution is 2.21. The van der Waals surface area contributed by atoms with E-state index in [0.717, 1.165) is 48.3 Å². The summed E-state index contributed by atoms with van der Waals surface area (Å²) in [5, 5.41) is 5.11. The van der Waals surface area contributed by atoms with Crippen LogP contribution < -0.4 is 5.32 Å². The number of amides is 1. The summed E-state index contributed by atoms with van der Waals surface area (Å²) in [7, 11) is 0. The summed E-state index contributed by atoms with van der Waals surface area (Å²) in [5.41, 5.74) is 1.91. The average Bonchev–Trinajstić information content (AvgIpc) is 3.24. The molecule has 25 heavy (non-hydrogen) atoms. The van der Waals surface area contributed by atoms with Gasteiger partial charge in [0.2, 0.25) is 5.91 Å². The quantitative estimate of drug-likeness (QED) is 0.716. The summed E-state index contributed by atoms with van der Waals surface area (Å²) >= 11 is 5.18. The number of benzene rings is 1. The van der Waals surface area contributed by atoms with Crippen molar-refractivity contribution < 1.29 is 9.53 Å². The van der Waals surface area contributed by atoms with Gasteiger partial charge in [-0.2, -0.15) is 0 Å². The minimum Gasteiger partial charge on any atom is -0.377 e. The average molecular weight is 423 g/mol. The van der Waals surface area contributed by atoms with E-state index in [4.69, 9.17) is 4.74 Å². The van der Waals surface area contributed by atoms with E-state index < -0.39 is 0 Å². The van der Waals surface area contributed by atoms with E-state index in [9.17, 15) is 4.79 Å². The zero-order valence-corrected chi connectivity index (χ0v) is 16.7. The summed E-state index contributed by atoms with van der Waals surface area (Å²) in [6.45, 7) is 4.78. The number of carbonyl (C=O) groups is 1. The largest absolute Gasteiger partial charge is 0.377 e. The first-order valence-corrected chi connectivity index (χ1v) is 10.2. The monoisotopic (exact) mass is 422 g/mol. The van der Waals surface area contributed by atoms with Crippen molar-refractivity contribution in [3.05, 3.63) is 50.6 Å². The molecule has 0 aliphatic carbocycles. The Morgan fingerprint density at radius 3 is 3.00 bits per heavy atom. The van der Waals surface area contributed by atoms with E-state index in [-0.39, 0.29) is 12.0 Å². The fourth-order valence-corrected chi connectivity index (χ4v) is 4.27. The molecule has 2 aromatic rings. The number of thiophene rings is 1. The van der Waals surface area contributed by atoms with Crippen molar-refractivity contribution >= 4 is 38.9 Å². The first-order chi connectivity index (χ1) is 12.1. The normalized spacial score (nSPS) is 17.2. The molecular weight excluding hydrogens is 400 g/mol. The number of aryl methyl sites for hydroxylation is 1. The Kier molecular flexibility index (Phi) is 6.64. The summed E-state index contributed by atoms with van der Waals surface area (Å²) in [6, 6.07) is 10.0. The SMILES string of the molecule is Cc1cc(Br)ccc1NC(=O)CN(Cc1cccs1)C[C@@H]1CCCO1. The van der Waals surface area contributed by atoms with Gasteiger partial charge >= 0.3 is 0 Å². The molecule has 4 nitrogen and oxygen atoms in total. The van der Waals surface area contributed by atoms with Gasteiger partial charge in [-0.05, 0) is 55.0 Å². The third-order valence-corrected chi connectivity index (χ3v) is 5.63. The molecule has 1 N–H and O–H groups in total. The van der Waals surface area contributed by atoms with Gasteiger partial charge in [-0.1, -0.05) is 22.0 Å². The van der Waals surface area contributed by atoms with Crippen LogP contribution in [0.5, 0.6) is 0 Å². The number of hydrogen-bond donors (Lipinski definition) is 1. The predicted octanol–water partition coefficient (Wildman–Crippen LogP) is 4.44. The van der Waals surface area contributed by atoms with Gasteiger partial charge in [-0.25, -0.2) is 0 Å². The molecular formula is C19H23BrN2O2S. The fourth-order valence-electron chi connectivity index (χ4n) is 3.04. The molecule has 1 aromatic carbocycles. The number of rotatable bonds is 7. The van der Waals surface area contributed by atoms with Crippen LogP contribution in [-0.4, -0.2) is 36.6 Å². The summed E-state index contributed by atoms with van der Waals surface area (Å²) in [5.74, 6) is 0.0139. The van der Waals surface area contributed by atoms with E-state index in [0.29, 0.717) is 6.54 Å². The zero-order valence-electron chi connectivity index (χ0n) is 14.3. The van der Waals surface area contributed by atoms with Crippen LogP contribution in [0.25, 0.3) is 0 Å². The molecule has 3 rings (SSSR count). The van der Waals surface area contributed by atoms with Crippen LogP contribution in [-0.2, 0) is 16.1 Å². The number of carbonyl (C=O) groups excluding carboxylic acids is 1. The van der Waals surface area contributed by atoms with E-state index >= 15 is 0 Å². The highest BCUT2D eigenvalue weighted by atomic mass is 79.9. The lowest BCUT2D eigenvalue weighted by atomic mass is 10.2. The van der Waals surface area contributed by atoms with Crippen molar-refractivity contribution in [2.24, 2.45) is 0 Å². The van der Waals surface area contributed by atoms with Crippen LogP contribution in [0.3, 0.4) is 0 Å². The Morgan fingerprint density at radius 1 is 1.44 bits per heavy atom. The van der Waals surface area contributed by atoms with Crippen LogP contribution in [0.2, 0.25) is 0 Å². The molecule has 1 aliphatic heterocycles. The van der Waals surface area contributed by atoms with Gasteiger partial charge in [-0.3, -0.25) is 9.69 Å². The maximum Gasteiger partial charge on any atom is 0.238 e. The number of hydrogen-bond acceptors (Lipinski definition) is 4. The Balaban J connectivity index is 1.62. The Bertz CT molecular complexity index is 699. The van der Waals surface area contributed by atoms with Crippen LogP contribution in [0.4, 0.5) is 5.69 Å². The number of nitrogens with zero attached hydrogens (tertiary/aromatic N) is 1. The van der Waals surface area contributed by atoms with Crippen molar-refractivity contribution in [3.8, 4) is 0 Å². The molecule has 0 radical (unpaired) electrons. The van der Waals surface area contributed by atoms with Gasteiger partial charge in [0.1, 0.15) is 0 Å². The Hall–Kier alpha value is -1.21. The van der Waals surface area contributed by atoms with E-state index in [1.165, 1.54) is 4.88 Å². The number of anilines is 1. The third kappa shape index (κ3) is 5.64. The summed E-state index contributed by atoms with van der Waals surface area (Å²) in [4.78, 5) is 16.0. The van der Waals surface area contributed by atoms with Crippen LogP contribution >= 0.6 is 27.3 Å². The smallest absolute Gasteiger partial charge is 0.238 e. The molecule has 1 saturated heterocycles. The van der Waals surface area contributed by atoms with Crippen molar-refractivity contribution in [2.45, 2.75) is 32.4 Å². The van der Waals surface area contributed by atoms with Crippen molar-refractivity contribution in [3.63, 3.8) is 0 Å². The predicted molar refractivity (Wildman–Crippen MR) is 106 cm³/mol. The lowest BCUT2D eigenvalue weighted by Crippen LogP contribution is -2.37. The minimum atomic E-state index is 0.0139. The summed E-state index contributed by atoms with van der Waals surface area (Å²) in [6.07, 6.45) is 2.43. The molecule has 1 fully saturated rings. The van der Waals surface area contributed by atoms with Crippen LogP contribution in [0.1, 0.15) is 23.3 Å². The first kappa shape index (κ1) is 18.6. The maximum atomic E-state index is 12.6.